The average molecular weight is 297 g/mol. The summed E-state index contributed by atoms with van der Waals surface area (Å²) < 4.78 is 5.24. The molecule has 0 aromatic heterocycles. The molecule has 5 heteroatoms. The minimum absolute atomic E-state index is 0.240. The molecule has 2 aliphatic rings. The first kappa shape index (κ1) is 16.6. The SMILES string of the molecule is CN(C)C(=O)OCCN1CCCC(N2CCCCCC2)C1. The van der Waals surface area contributed by atoms with Gasteiger partial charge in [-0.1, -0.05) is 12.8 Å². The van der Waals surface area contributed by atoms with Gasteiger partial charge in [0.15, 0.2) is 0 Å². The van der Waals surface area contributed by atoms with Crippen LogP contribution in [-0.4, -0.2) is 80.3 Å². The van der Waals surface area contributed by atoms with E-state index < -0.39 is 0 Å². The maximum atomic E-state index is 11.4. The van der Waals surface area contributed by atoms with Crippen LogP contribution in [0.2, 0.25) is 0 Å². The molecule has 5 nitrogen and oxygen atoms in total. The quantitative estimate of drug-likeness (QED) is 0.795. The van der Waals surface area contributed by atoms with Gasteiger partial charge in [0.2, 0.25) is 0 Å². The maximum Gasteiger partial charge on any atom is 0.409 e. The van der Waals surface area contributed by atoms with Crippen LogP contribution in [0.4, 0.5) is 4.79 Å². The summed E-state index contributed by atoms with van der Waals surface area (Å²) in [5.74, 6) is 0. The molecule has 2 fully saturated rings. The fraction of sp³-hybridized carbons (Fsp3) is 0.938. The average Bonchev–Trinajstić information content (AvgIpc) is 2.76. The van der Waals surface area contributed by atoms with Crippen LogP contribution in [0, 0.1) is 0 Å². The van der Waals surface area contributed by atoms with Crippen LogP contribution in [0.3, 0.4) is 0 Å². The van der Waals surface area contributed by atoms with Crippen LogP contribution in [0.15, 0.2) is 0 Å². The molecule has 1 unspecified atom stereocenters. The van der Waals surface area contributed by atoms with Crippen molar-refractivity contribution in [2.45, 2.75) is 44.6 Å². The Morgan fingerprint density at radius 1 is 1.10 bits per heavy atom. The van der Waals surface area contributed by atoms with Gasteiger partial charge < -0.3 is 9.64 Å². The summed E-state index contributed by atoms with van der Waals surface area (Å²) in [7, 11) is 3.44. The first-order chi connectivity index (χ1) is 10.2. The molecular formula is C16H31N3O2. The van der Waals surface area contributed by atoms with Gasteiger partial charge in [-0.15, -0.1) is 0 Å². The Labute approximate surface area is 129 Å². The van der Waals surface area contributed by atoms with E-state index in [-0.39, 0.29) is 6.09 Å². The van der Waals surface area contributed by atoms with E-state index in [4.69, 9.17) is 4.74 Å². The van der Waals surface area contributed by atoms with E-state index in [1.54, 1.807) is 14.1 Å². The molecule has 0 radical (unpaired) electrons. The number of carbonyl (C=O) groups excluding carboxylic acids is 1. The van der Waals surface area contributed by atoms with Gasteiger partial charge in [-0.2, -0.15) is 0 Å². The van der Waals surface area contributed by atoms with E-state index in [0.29, 0.717) is 12.6 Å². The summed E-state index contributed by atoms with van der Waals surface area (Å²) in [4.78, 5) is 18.1. The van der Waals surface area contributed by atoms with Crippen LogP contribution < -0.4 is 0 Å². The molecule has 2 saturated heterocycles. The van der Waals surface area contributed by atoms with Crippen LogP contribution in [0.1, 0.15) is 38.5 Å². The second kappa shape index (κ2) is 8.59. The lowest BCUT2D eigenvalue weighted by molar-refractivity contribution is 0.0711. The van der Waals surface area contributed by atoms with E-state index in [1.165, 1.54) is 56.5 Å². The summed E-state index contributed by atoms with van der Waals surface area (Å²) in [5.41, 5.74) is 0. The molecular weight excluding hydrogens is 266 g/mol. The van der Waals surface area contributed by atoms with E-state index in [0.717, 1.165) is 19.6 Å². The molecule has 0 bridgehead atoms. The summed E-state index contributed by atoms with van der Waals surface area (Å²) in [6, 6.07) is 0.710. The van der Waals surface area contributed by atoms with Crippen molar-refractivity contribution in [1.82, 2.24) is 14.7 Å². The minimum atomic E-state index is -0.240. The highest BCUT2D eigenvalue weighted by molar-refractivity contribution is 5.66. The number of piperidine rings is 1. The Balaban J connectivity index is 1.71. The standard InChI is InChI=1S/C16H31N3O2/c1-17(2)16(20)21-13-12-18-9-7-8-15(14-18)19-10-5-3-4-6-11-19/h15H,3-14H2,1-2H3. The predicted octanol–water partition coefficient (Wildman–Crippen LogP) is 2.02. The van der Waals surface area contributed by atoms with E-state index in [1.807, 2.05) is 0 Å². The molecule has 1 atom stereocenters. The summed E-state index contributed by atoms with van der Waals surface area (Å²) in [6.07, 6.45) is 7.86. The predicted molar refractivity (Wildman–Crippen MR) is 84.5 cm³/mol. The highest BCUT2D eigenvalue weighted by Crippen LogP contribution is 2.19. The molecule has 21 heavy (non-hydrogen) atoms. The molecule has 0 saturated carbocycles. The van der Waals surface area contributed by atoms with Gasteiger partial charge in [-0.3, -0.25) is 9.80 Å². The first-order valence-electron chi connectivity index (χ1n) is 8.47. The lowest BCUT2D eigenvalue weighted by atomic mass is 10.0. The zero-order valence-corrected chi connectivity index (χ0v) is 13.7. The normalized spacial score (nSPS) is 25.3. The Morgan fingerprint density at radius 3 is 2.48 bits per heavy atom. The van der Waals surface area contributed by atoms with Gasteiger partial charge in [-0.05, 0) is 45.3 Å². The summed E-state index contributed by atoms with van der Waals surface area (Å²) >= 11 is 0. The summed E-state index contributed by atoms with van der Waals surface area (Å²) in [6.45, 7) is 6.19. The van der Waals surface area contributed by atoms with Crippen molar-refractivity contribution >= 4 is 6.09 Å². The second-order valence-corrected chi connectivity index (χ2v) is 6.56. The molecule has 2 rings (SSSR count). The third kappa shape index (κ3) is 5.47. The monoisotopic (exact) mass is 297 g/mol. The van der Waals surface area contributed by atoms with E-state index in [9.17, 15) is 4.79 Å². The molecule has 122 valence electrons. The van der Waals surface area contributed by atoms with Crippen molar-refractivity contribution in [3.05, 3.63) is 0 Å². The van der Waals surface area contributed by atoms with Gasteiger partial charge in [-0.25, -0.2) is 4.79 Å². The number of rotatable bonds is 4. The zero-order chi connectivity index (χ0) is 15.1. The minimum Gasteiger partial charge on any atom is -0.448 e. The first-order valence-corrected chi connectivity index (χ1v) is 8.47. The molecule has 1 amide bonds. The smallest absolute Gasteiger partial charge is 0.409 e. The van der Waals surface area contributed by atoms with Gasteiger partial charge in [0, 0.05) is 33.2 Å². The van der Waals surface area contributed by atoms with Crippen molar-refractivity contribution in [3.63, 3.8) is 0 Å². The molecule has 0 aromatic rings. The molecule has 0 N–H and O–H groups in total. The number of hydrogen-bond donors (Lipinski definition) is 0. The number of amides is 1. The number of nitrogens with zero attached hydrogens (tertiary/aromatic N) is 3. The van der Waals surface area contributed by atoms with Crippen molar-refractivity contribution in [2.75, 3.05) is 53.4 Å². The van der Waals surface area contributed by atoms with Crippen LogP contribution in [0.5, 0.6) is 0 Å². The number of hydrogen-bond acceptors (Lipinski definition) is 4. The summed E-state index contributed by atoms with van der Waals surface area (Å²) in [5, 5.41) is 0. The molecule has 0 spiro atoms. The molecule has 2 aliphatic heterocycles. The maximum absolute atomic E-state index is 11.4. The molecule has 2 heterocycles. The number of likely N-dealkylation sites (tertiary alicyclic amines) is 2. The highest BCUT2D eigenvalue weighted by atomic mass is 16.6. The topological polar surface area (TPSA) is 36.0 Å². The van der Waals surface area contributed by atoms with Crippen molar-refractivity contribution < 1.29 is 9.53 Å². The Morgan fingerprint density at radius 2 is 1.81 bits per heavy atom. The Bertz CT molecular complexity index is 315. The van der Waals surface area contributed by atoms with Crippen LogP contribution in [-0.2, 0) is 4.74 Å². The lowest BCUT2D eigenvalue weighted by Crippen LogP contribution is -2.49. The van der Waals surface area contributed by atoms with Crippen LogP contribution >= 0.6 is 0 Å². The lowest BCUT2D eigenvalue weighted by Gasteiger charge is -2.39. The number of carbonyl (C=O) groups is 1. The Hall–Kier alpha value is -0.810. The third-order valence-corrected chi connectivity index (χ3v) is 4.64. The third-order valence-electron chi connectivity index (χ3n) is 4.64. The van der Waals surface area contributed by atoms with E-state index >= 15 is 0 Å². The molecule has 0 aliphatic carbocycles. The van der Waals surface area contributed by atoms with Crippen LogP contribution in [0.25, 0.3) is 0 Å². The van der Waals surface area contributed by atoms with Gasteiger partial charge in [0.05, 0.1) is 0 Å². The van der Waals surface area contributed by atoms with E-state index in [2.05, 4.69) is 9.80 Å². The Kier molecular flexibility index (Phi) is 6.77. The van der Waals surface area contributed by atoms with Crippen molar-refractivity contribution in [1.29, 1.82) is 0 Å². The molecule has 0 aromatic carbocycles. The highest BCUT2D eigenvalue weighted by Gasteiger charge is 2.25. The fourth-order valence-corrected chi connectivity index (χ4v) is 3.38. The second-order valence-electron chi connectivity index (χ2n) is 6.56. The van der Waals surface area contributed by atoms with Gasteiger partial charge in [0.1, 0.15) is 6.61 Å². The number of ether oxygens (including phenoxy) is 1. The largest absolute Gasteiger partial charge is 0.448 e. The fourth-order valence-electron chi connectivity index (χ4n) is 3.38. The zero-order valence-electron chi connectivity index (χ0n) is 13.7. The van der Waals surface area contributed by atoms with Gasteiger partial charge in [0.25, 0.3) is 0 Å². The van der Waals surface area contributed by atoms with Crippen molar-refractivity contribution in [2.24, 2.45) is 0 Å². The van der Waals surface area contributed by atoms with Gasteiger partial charge >= 0.3 is 6.09 Å². The van der Waals surface area contributed by atoms with Crippen molar-refractivity contribution in [3.8, 4) is 0 Å².